The van der Waals surface area contributed by atoms with E-state index < -0.39 is 5.97 Å². The molecule has 1 unspecified atom stereocenters. The monoisotopic (exact) mass is 286 g/mol. The molecule has 114 valence electrons. The molecule has 0 radical (unpaired) electrons. The second kappa shape index (κ2) is 8.66. The molecule has 2 nitrogen and oxygen atoms in total. The number of benzene rings is 1. The summed E-state index contributed by atoms with van der Waals surface area (Å²) in [4.78, 5) is 10.5. The average molecular weight is 286 g/mol. The molecular weight excluding hydrogens is 260 g/mol. The maximum absolute atomic E-state index is 10.5. The van der Waals surface area contributed by atoms with E-state index in [1.165, 1.54) is 49.7 Å². The number of carboxylic acid groups (broad SMARTS) is 1. The number of aliphatic carboxylic acids is 1. The van der Waals surface area contributed by atoms with E-state index in [4.69, 9.17) is 5.11 Å². The highest BCUT2D eigenvalue weighted by molar-refractivity contribution is 5.66. The molecule has 1 aromatic rings. The lowest BCUT2D eigenvalue weighted by atomic mass is 9.94. The molecule has 1 aromatic carbocycles. The van der Waals surface area contributed by atoms with Crippen LogP contribution in [0.3, 0.4) is 0 Å². The summed E-state index contributed by atoms with van der Waals surface area (Å²) in [5.41, 5.74) is 2.88. The Morgan fingerprint density at radius 1 is 1.14 bits per heavy atom. The lowest BCUT2D eigenvalue weighted by molar-refractivity contribution is -0.137. The van der Waals surface area contributed by atoms with Crippen molar-refractivity contribution >= 4 is 11.5 Å². The molecule has 0 aliphatic heterocycles. The van der Waals surface area contributed by atoms with Gasteiger partial charge < -0.3 is 5.11 Å². The molecule has 21 heavy (non-hydrogen) atoms. The van der Waals surface area contributed by atoms with Crippen molar-refractivity contribution in [2.75, 3.05) is 0 Å². The Morgan fingerprint density at radius 2 is 1.95 bits per heavy atom. The van der Waals surface area contributed by atoms with E-state index in [2.05, 4.69) is 36.4 Å². The fraction of sp³-hybridized carbons (Fsp3) is 0.526. The largest absolute Gasteiger partial charge is 0.481 e. The summed E-state index contributed by atoms with van der Waals surface area (Å²) in [7, 11) is 0. The van der Waals surface area contributed by atoms with Crippen molar-refractivity contribution in [1.29, 1.82) is 0 Å². The Kier molecular flexibility index (Phi) is 6.52. The third kappa shape index (κ3) is 5.74. The minimum Gasteiger partial charge on any atom is -0.481 e. The van der Waals surface area contributed by atoms with E-state index in [1.807, 2.05) is 0 Å². The normalized spacial score (nSPS) is 18.9. The highest BCUT2D eigenvalue weighted by atomic mass is 16.4. The first-order valence-electron chi connectivity index (χ1n) is 8.22. The van der Waals surface area contributed by atoms with E-state index in [0.29, 0.717) is 6.42 Å². The van der Waals surface area contributed by atoms with Crippen molar-refractivity contribution < 1.29 is 9.90 Å². The summed E-state index contributed by atoms with van der Waals surface area (Å²) in [6, 6.07) is 10.7. The van der Waals surface area contributed by atoms with E-state index in [1.54, 1.807) is 0 Å². The van der Waals surface area contributed by atoms with Crippen LogP contribution >= 0.6 is 0 Å². The maximum atomic E-state index is 10.5. The van der Waals surface area contributed by atoms with E-state index in [-0.39, 0.29) is 0 Å². The third-order valence-corrected chi connectivity index (χ3v) is 4.40. The van der Waals surface area contributed by atoms with Gasteiger partial charge in [0.05, 0.1) is 0 Å². The van der Waals surface area contributed by atoms with Gasteiger partial charge in [-0.25, -0.2) is 0 Å². The standard InChI is InChI=1S/C19H26O2/c20-19(21)13-6-1-3-8-16-9-7-12-18(15-14-16)17-10-4-2-5-11-17/h2,4-5,10-11,15-16H,1,3,6-9,12-14H2,(H,20,21). The molecule has 2 heteroatoms. The number of carbonyl (C=O) groups is 1. The molecule has 1 atom stereocenters. The first-order valence-corrected chi connectivity index (χ1v) is 8.22. The van der Waals surface area contributed by atoms with Gasteiger partial charge in [0.25, 0.3) is 0 Å². The fourth-order valence-corrected chi connectivity index (χ4v) is 3.17. The minimum absolute atomic E-state index is 0.322. The number of rotatable bonds is 7. The second-order valence-electron chi connectivity index (χ2n) is 6.08. The lowest BCUT2D eigenvalue weighted by Crippen LogP contribution is -1.99. The van der Waals surface area contributed by atoms with Crippen molar-refractivity contribution in [2.24, 2.45) is 5.92 Å². The zero-order chi connectivity index (χ0) is 14.9. The molecule has 2 rings (SSSR count). The predicted octanol–water partition coefficient (Wildman–Crippen LogP) is 5.30. The van der Waals surface area contributed by atoms with Crippen LogP contribution in [0.2, 0.25) is 0 Å². The van der Waals surface area contributed by atoms with Gasteiger partial charge in [0.2, 0.25) is 0 Å². The molecular formula is C19H26O2. The Bertz CT molecular complexity index is 462. The topological polar surface area (TPSA) is 37.3 Å². The molecule has 1 N–H and O–H groups in total. The van der Waals surface area contributed by atoms with Crippen LogP contribution in [0.4, 0.5) is 0 Å². The van der Waals surface area contributed by atoms with Crippen LogP contribution < -0.4 is 0 Å². The lowest BCUT2D eigenvalue weighted by Gasteiger charge is -2.12. The van der Waals surface area contributed by atoms with Crippen molar-refractivity contribution in [1.82, 2.24) is 0 Å². The molecule has 0 bridgehead atoms. The molecule has 1 aliphatic rings. The van der Waals surface area contributed by atoms with Crippen LogP contribution in [-0.2, 0) is 4.79 Å². The number of unbranched alkanes of at least 4 members (excludes halogenated alkanes) is 2. The smallest absolute Gasteiger partial charge is 0.303 e. The van der Waals surface area contributed by atoms with Crippen molar-refractivity contribution in [2.45, 2.75) is 57.8 Å². The SMILES string of the molecule is O=C(O)CCCCCC1CC=C(c2ccccc2)CCC1. The highest BCUT2D eigenvalue weighted by Crippen LogP contribution is 2.31. The molecule has 0 aromatic heterocycles. The van der Waals surface area contributed by atoms with Crippen LogP contribution in [-0.4, -0.2) is 11.1 Å². The van der Waals surface area contributed by atoms with Gasteiger partial charge in [-0.15, -0.1) is 0 Å². The molecule has 0 spiro atoms. The van der Waals surface area contributed by atoms with E-state index in [9.17, 15) is 4.79 Å². The van der Waals surface area contributed by atoms with Crippen LogP contribution in [0.1, 0.15) is 63.4 Å². The third-order valence-electron chi connectivity index (χ3n) is 4.40. The predicted molar refractivity (Wildman–Crippen MR) is 87.1 cm³/mol. The van der Waals surface area contributed by atoms with Gasteiger partial charge in [0.15, 0.2) is 0 Å². The van der Waals surface area contributed by atoms with Crippen LogP contribution in [0.5, 0.6) is 0 Å². The van der Waals surface area contributed by atoms with E-state index in [0.717, 1.165) is 18.8 Å². The van der Waals surface area contributed by atoms with Crippen molar-refractivity contribution in [3.63, 3.8) is 0 Å². The summed E-state index contributed by atoms with van der Waals surface area (Å²) < 4.78 is 0. The second-order valence-corrected chi connectivity index (χ2v) is 6.08. The van der Waals surface area contributed by atoms with Gasteiger partial charge in [0, 0.05) is 6.42 Å². The Labute approximate surface area is 127 Å². The van der Waals surface area contributed by atoms with Gasteiger partial charge >= 0.3 is 5.97 Å². The summed E-state index contributed by atoms with van der Waals surface area (Å²) >= 11 is 0. The van der Waals surface area contributed by atoms with Gasteiger partial charge in [0.1, 0.15) is 0 Å². The Hall–Kier alpha value is -1.57. The summed E-state index contributed by atoms with van der Waals surface area (Å²) in [6.45, 7) is 0. The highest BCUT2D eigenvalue weighted by Gasteiger charge is 2.13. The number of hydrogen-bond donors (Lipinski definition) is 1. The molecule has 0 saturated carbocycles. The summed E-state index contributed by atoms with van der Waals surface area (Å²) in [5.74, 6) is 0.121. The molecule has 0 fully saturated rings. The Morgan fingerprint density at radius 3 is 2.71 bits per heavy atom. The number of allylic oxidation sites excluding steroid dienone is 2. The van der Waals surface area contributed by atoms with Crippen LogP contribution in [0, 0.1) is 5.92 Å². The van der Waals surface area contributed by atoms with Gasteiger partial charge in [-0.2, -0.15) is 0 Å². The number of hydrogen-bond acceptors (Lipinski definition) is 1. The van der Waals surface area contributed by atoms with Crippen molar-refractivity contribution in [3.8, 4) is 0 Å². The average Bonchev–Trinajstić information content (AvgIpc) is 2.73. The van der Waals surface area contributed by atoms with E-state index >= 15 is 0 Å². The quantitative estimate of drug-likeness (QED) is 0.691. The summed E-state index contributed by atoms with van der Waals surface area (Å²) in [5, 5.41) is 8.63. The minimum atomic E-state index is -0.667. The number of carboxylic acids is 1. The summed E-state index contributed by atoms with van der Waals surface area (Å²) in [6.07, 6.45) is 12.0. The molecule has 0 saturated heterocycles. The molecule has 1 aliphatic carbocycles. The van der Waals surface area contributed by atoms with Gasteiger partial charge in [-0.05, 0) is 49.2 Å². The van der Waals surface area contributed by atoms with Crippen LogP contribution in [0.25, 0.3) is 5.57 Å². The first kappa shape index (κ1) is 15.8. The molecule has 0 amide bonds. The molecule has 0 heterocycles. The zero-order valence-electron chi connectivity index (χ0n) is 12.8. The van der Waals surface area contributed by atoms with Gasteiger partial charge in [-0.3, -0.25) is 4.79 Å². The van der Waals surface area contributed by atoms with Crippen LogP contribution in [0.15, 0.2) is 36.4 Å². The first-order chi connectivity index (χ1) is 10.3. The maximum Gasteiger partial charge on any atom is 0.303 e. The van der Waals surface area contributed by atoms with Crippen molar-refractivity contribution in [3.05, 3.63) is 42.0 Å². The Balaban J connectivity index is 1.75. The van der Waals surface area contributed by atoms with Gasteiger partial charge in [-0.1, -0.05) is 55.7 Å². The fourth-order valence-electron chi connectivity index (χ4n) is 3.17. The zero-order valence-corrected chi connectivity index (χ0v) is 12.8.